The summed E-state index contributed by atoms with van der Waals surface area (Å²) in [6.45, 7) is 1.51. The minimum atomic E-state index is -0.415. The number of ether oxygens (including phenoxy) is 1. The molecule has 18 heavy (non-hydrogen) atoms. The number of benzene rings is 1. The Balaban J connectivity index is 1.97. The molecule has 0 aliphatic carbocycles. The van der Waals surface area contributed by atoms with E-state index in [1.807, 2.05) is 30.3 Å². The summed E-state index contributed by atoms with van der Waals surface area (Å²) in [6, 6.07) is 9.90. The second kappa shape index (κ2) is 5.04. The second-order valence-electron chi connectivity index (χ2n) is 4.81. The molecule has 2 aromatic rings. The van der Waals surface area contributed by atoms with Crippen molar-refractivity contribution in [3.63, 3.8) is 0 Å². The van der Waals surface area contributed by atoms with E-state index in [0.29, 0.717) is 5.92 Å². The van der Waals surface area contributed by atoms with Gasteiger partial charge in [-0.15, -0.1) is 0 Å². The zero-order valence-electron chi connectivity index (χ0n) is 10.2. The van der Waals surface area contributed by atoms with Crippen molar-refractivity contribution in [1.82, 2.24) is 4.98 Å². The van der Waals surface area contributed by atoms with Gasteiger partial charge in [0.15, 0.2) is 0 Å². The lowest BCUT2D eigenvalue weighted by molar-refractivity contribution is 0.00772. The summed E-state index contributed by atoms with van der Waals surface area (Å²) in [5.74, 6) is 0.296. The van der Waals surface area contributed by atoms with E-state index in [9.17, 15) is 5.11 Å². The van der Waals surface area contributed by atoms with E-state index in [0.717, 1.165) is 42.5 Å². The summed E-state index contributed by atoms with van der Waals surface area (Å²) < 4.78 is 5.35. The van der Waals surface area contributed by atoms with Gasteiger partial charge in [0.1, 0.15) is 0 Å². The number of hydrogen-bond donors (Lipinski definition) is 1. The van der Waals surface area contributed by atoms with Crippen LogP contribution in [0, 0.1) is 5.92 Å². The number of aliphatic hydroxyl groups is 1. The third-order valence-corrected chi connectivity index (χ3v) is 3.71. The number of pyridine rings is 1. The van der Waals surface area contributed by atoms with E-state index in [-0.39, 0.29) is 0 Å². The van der Waals surface area contributed by atoms with Gasteiger partial charge >= 0.3 is 0 Å². The molecule has 0 amide bonds. The Bertz CT molecular complexity index is 530. The molecule has 1 atom stereocenters. The van der Waals surface area contributed by atoms with E-state index >= 15 is 0 Å². The first kappa shape index (κ1) is 11.6. The van der Waals surface area contributed by atoms with Gasteiger partial charge in [-0.3, -0.25) is 4.98 Å². The highest BCUT2D eigenvalue weighted by Gasteiger charge is 2.24. The molecule has 2 heterocycles. The Morgan fingerprint density at radius 2 is 2.00 bits per heavy atom. The van der Waals surface area contributed by atoms with Crippen LogP contribution in [0.5, 0.6) is 0 Å². The lowest BCUT2D eigenvalue weighted by atomic mass is 9.88. The maximum Gasteiger partial charge on any atom is 0.0826 e. The van der Waals surface area contributed by atoms with Gasteiger partial charge in [0.2, 0.25) is 0 Å². The highest BCUT2D eigenvalue weighted by atomic mass is 16.5. The highest BCUT2D eigenvalue weighted by molar-refractivity contribution is 5.82. The lowest BCUT2D eigenvalue weighted by Gasteiger charge is -2.27. The Hall–Kier alpha value is -1.45. The minimum Gasteiger partial charge on any atom is -0.388 e. The molecule has 3 rings (SSSR count). The molecule has 94 valence electrons. The summed E-state index contributed by atoms with van der Waals surface area (Å²) in [7, 11) is 0. The Morgan fingerprint density at radius 3 is 2.83 bits per heavy atom. The molecule has 1 aromatic heterocycles. The van der Waals surface area contributed by atoms with Crippen molar-refractivity contribution in [3.8, 4) is 0 Å². The quantitative estimate of drug-likeness (QED) is 0.881. The summed E-state index contributed by atoms with van der Waals surface area (Å²) in [5, 5.41) is 11.6. The fourth-order valence-corrected chi connectivity index (χ4v) is 2.67. The summed E-state index contributed by atoms with van der Waals surface area (Å²) in [6.07, 6.45) is 3.23. The van der Waals surface area contributed by atoms with Gasteiger partial charge in [-0.05, 0) is 36.5 Å². The molecule has 0 spiro atoms. The lowest BCUT2D eigenvalue weighted by Crippen LogP contribution is -2.22. The molecular formula is C15H17NO2. The first-order valence-corrected chi connectivity index (χ1v) is 6.46. The van der Waals surface area contributed by atoms with Crippen LogP contribution in [0.15, 0.2) is 36.5 Å². The van der Waals surface area contributed by atoms with Crippen LogP contribution in [0.4, 0.5) is 0 Å². The number of fused-ring (bicyclic) bond motifs is 1. The monoisotopic (exact) mass is 243 g/mol. The molecule has 3 heteroatoms. The van der Waals surface area contributed by atoms with E-state index in [2.05, 4.69) is 4.98 Å². The fraction of sp³-hybridized carbons (Fsp3) is 0.400. The standard InChI is InChI=1S/C15H17NO2/c17-15(11-6-9-18-10-7-11)13-3-1-5-14-12(13)4-2-8-16-14/h1-5,8,11,15,17H,6-7,9-10H2. The normalized spacial score (nSPS) is 18.9. The molecule has 1 aliphatic heterocycles. The topological polar surface area (TPSA) is 42.4 Å². The first-order chi connectivity index (χ1) is 8.86. The number of aromatic nitrogens is 1. The SMILES string of the molecule is OC(c1cccc2ncccc12)C1CCOCC1. The molecule has 1 aromatic carbocycles. The maximum atomic E-state index is 10.6. The van der Waals surface area contributed by atoms with Gasteiger partial charge in [-0.2, -0.15) is 0 Å². The van der Waals surface area contributed by atoms with E-state index in [1.165, 1.54) is 0 Å². The number of hydrogen-bond acceptors (Lipinski definition) is 3. The smallest absolute Gasteiger partial charge is 0.0826 e. The van der Waals surface area contributed by atoms with Crippen molar-refractivity contribution in [1.29, 1.82) is 0 Å². The van der Waals surface area contributed by atoms with Gasteiger partial charge in [-0.1, -0.05) is 18.2 Å². The van der Waals surface area contributed by atoms with E-state index in [1.54, 1.807) is 6.20 Å². The minimum absolute atomic E-state index is 0.296. The summed E-state index contributed by atoms with van der Waals surface area (Å²) >= 11 is 0. The number of rotatable bonds is 2. The molecule has 3 nitrogen and oxygen atoms in total. The van der Waals surface area contributed by atoms with Crippen LogP contribution in [-0.2, 0) is 4.74 Å². The number of nitrogens with zero attached hydrogens (tertiary/aromatic N) is 1. The van der Waals surface area contributed by atoms with Crippen molar-refractivity contribution in [2.45, 2.75) is 18.9 Å². The molecule has 1 N–H and O–H groups in total. The third-order valence-electron chi connectivity index (χ3n) is 3.71. The van der Waals surface area contributed by atoms with Crippen molar-refractivity contribution in [2.75, 3.05) is 13.2 Å². The molecule has 1 unspecified atom stereocenters. The van der Waals surface area contributed by atoms with Gasteiger partial charge in [0.25, 0.3) is 0 Å². The Morgan fingerprint density at radius 1 is 1.17 bits per heavy atom. The van der Waals surface area contributed by atoms with Crippen molar-refractivity contribution >= 4 is 10.9 Å². The molecule has 0 saturated carbocycles. The number of aliphatic hydroxyl groups excluding tert-OH is 1. The van der Waals surface area contributed by atoms with Gasteiger partial charge in [0.05, 0.1) is 11.6 Å². The zero-order valence-corrected chi connectivity index (χ0v) is 10.2. The summed E-state index contributed by atoms with van der Waals surface area (Å²) in [4.78, 5) is 4.33. The van der Waals surface area contributed by atoms with Gasteiger partial charge < -0.3 is 9.84 Å². The van der Waals surface area contributed by atoms with E-state index < -0.39 is 6.10 Å². The van der Waals surface area contributed by atoms with Crippen LogP contribution in [0.3, 0.4) is 0 Å². The molecule has 1 fully saturated rings. The zero-order chi connectivity index (χ0) is 12.4. The summed E-state index contributed by atoms with van der Waals surface area (Å²) in [5.41, 5.74) is 1.94. The fourth-order valence-electron chi connectivity index (χ4n) is 2.67. The second-order valence-corrected chi connectivity index (χ2v) is 4.81. The van der Waals surface area contributed by atoms with Gasteiger partial charge in [-0.25, -0.2) is 0 Å². The predicted molar refractivity (Wildman–Crippen MR) is 70.2 cm³/mol. The average Bonchev–Trinajstić information content (AvgIpc) is 2.47. The van der Waals surface area contributed by atoms with Crippen molar-refractivity contribution in [3.05, 3.63) is 42.1 Å². The van der Waals surface area contributed by atoms with Crippen molar-refractivity contribution in [2.24, 2.45) is 5.92 Å². The van der Waals surface area contributed by atoms with Crippen LogP contribution in [0.1, 0.15) is 24.5 Å². The molecular weight excluding hydrogens is 226 g/mol. The maximum absolute atomic E-state index is 10.6. The third kappa shape index (κ3) is 2.11. The van der Waals surface area contributed by atoms with Crippen LogP contribution in [0.25, 0.3) is 10.9 Å². The van der Waals surface area contributed by atoms with Crippen LogP contribution < -0.4 is 0 Å². The van der Waals surface area contributed by atoms with Crippen LogP contribution >= 0.6 is 0 Å². The molecule has 0 bridgehead atoms. The Kier molecular flexibility index (Phi) is 3.26. The van der Waals surface area contributed by atoms with Crippen LogP contribution in [-0.4, -0.2) is 23.3 Å². The largest absolute Gasteiger partial charge is 0.388 e. The van der Waals surface area contributed by atoms with Gasteiger partial charge in [0, 0.05) is 24.8 Å². The Labute approximate surface area is 106 Å². The predicted octanol–water partition coefficient (Wildman–Crippen LogP) is 2.69. The molecule has 1 saturated heterocycles. The highest BCUT2D eigenvalue weighted by Crippen LogP contribution is 2.33. The van der Waals surface area contributed by atoms with E-state index in [4.69, 9.17) is 4.74 Å². The van der Waals surface area contributed by atoms with Crippen LogP contribution in [0.2, 0.25) is 0 Å². The van der Waals surface area contributed by atoms with Crippen molar-refractivity contribution < 1.29 is 9.84 Å². The molecule has 1 aliphatic rings. The average molecular weight is 243 g/mol. The first-order valence-electron chi connectivity index (χ1n) is 6.46. The molecule has 0 radical (unpaired) electrons.